The van der Waals surface area contributed by atoms with Crippen LogP contribution >= 0.6 is 11.6 Å². The van der Waals surface area contributed by atoms with Crippen LogP contribution in [0.4, 0.5) is 5.69 Å². The molecule has 190 valence electrons. The number of nitrogens with one attached hydrogen (secondary N) is 1. The van der Waals surface area contributed by atoms with Crippen LogP contribution in [0.15, 0.2) is 78.9 Å². The third-order valence-corrected chi connectivity index (χ3v) is 6.92. The predicted molar refractivity (Wildman–Crippen MR) is 146 cm³/mol. The fraction of sp³-hybridized carbons (Fsp3) is 0.100. The first-order valence-corrected chi connectivity index (χ1v) is 12.4. The summed E-state index contributed by atoms with van der Waals surface area (Å²) in [4.78, 5) is 15.4. The standard InChI is InChI=1S/C30H23ClN2O5/c31-22-14-26-25(37-16-38-26)13-19(22)12-21-24(36-15-17-5-2-1-3-6-17)10-9-23-28(21)27(29(33-23)30(34)35)18-7-4-8-20(32)11-18/h1-11,13-14,33H,12,15-16,32H2,(H,34,35). The Bertz CT molecular complexity index is 1680. The van der Waals surface area contributed by atoms with Gasteiger partial charge in [-0.1, -0.05) is 54.1 Å². The van der Waals surface area contributed by atoms with E-state index >= 15 is 0 Å². The molecule has 0 spiro atoms. The summed E-state index contributed by atoms with van der Waals surface area (Å²) in [5.74, 6) is 0.751. The molecule has 0 amide bonds. The number of aromatic nitrogens is 1. The molecular weight excluding hydrogens is 504 g/mol. The Balaban J connectivity index is 1.56. The molecule has 5 aromatic rings. The number of nitrogens with two attached hydrogens (primary N) is 1. The highest BCUT2D eigenvalue weighted by atomic mass is 35.5. The van der Waals surface area contributed by atoms with Gasteiger partial charge in [-0.2, -0.15) is 0 Å². The van der Waals surface area contributed by atoms with Gasteiger partial charge in [0.05, 0.1) is 0 Å². The lowest BCUT2D eigenvalue weighted by atomic mass is 9.93. The number of aromatic amines is 1. The molecule has 1 aliphatic heterocycles. The number of fused-ring (bicyclic) bond motifs is 2. The lowest BCUT2D eigenvalue weighted by Gasteiger charge is -2.16. The number of carbonyl (C=O) groups is 1. The molecule has 1 aliphatic rings. The number of rotatable bonds is 7. The Morgan fingerprint density at radius 1 is 1.00 bits per heavy atom. The maximum atomic E-state index is 12.4. The number of benzene rings is 4. The largest absolute Gasteiger partial charge is 0.489 e. The number of carboxylic acid groups (broad SMARTS) is 1. The molecule has 0 bridgehead atoms. The van der Waals surface area contributed by atoms with Gasteiger partial charge in [0.25, 0.3) is 0 Å². The van der Waals surface area contributed by atoms with Gasteiger partial charge in [-0.3, -0.25) is 0 Å². The Kier molecular flexibility index (Phi) is 6.05. The van der Waals surface area contributed by atoms with Gasteiger partial charge in [-0.05, 0) is 47.0 Å². The van der Waals surface area contributed by atoms with Crippen LogP contribution in [-0.2, 0) is 13.0 Å². The summed E-state index contributed by atoms with van der Waals surface area (Å²) in [6.45, 7) is 0.480. The Hall–Kier alpha value is -4.62. The molecule has 0 atom stereocenters. The van der Waals surface area contributed by atoms with Crippen LogP contribution in [-0.4, -0.2) is 22.9 Å². The molecule has 8 heteroatoms. The molecule has 0 fully saturated rings. The fourth-order valence-electron chi connectivity index (χ4n) is 4.82. The monoisotopic (exact) mass is 526 g/mol. The summed E-state index contributed by atoms with van der Waals surface area (Å²) in [5, 5.41) is 11.3. The normalized spacial score (nSPS) is 12.1. The van der Waals surface area contributed by atoms with E-state index in [1.165, 1.54) is 0 Å². The summed E-state index contributed by atoms with van der Waals surface area (Å²) < 4.78 is 17.4. The molecule has 38 heavy (non-hydrogen) atoms. The molecule has 1 aromatic heterocycles. The summed E-state index contributed by atoms with van der Waals surface area (Å²) in [5.41, 5.74) is 11.2. The number of halogens is 1. The van der Waals surface area contributed by atoms with Crippen molar-refractivity contribution in [2.45, 2.75) is 13.0 Å². The quantitative estimate of drug-likeness (QED) is 0.204. The zero-order chi connectivity index (χ0) is 26.2. The molecule has 2 heterocycles. The Morgan fingerprint density at radius 3 is 2.55 bits per heavy atom. The van der Waals surface area contributed by atoms with E-state index in [1.54, 1.807) is 24.3 Å². The lowest BCUT2D eigenvalue weighted by Crippen LogP contribution is -2.02. The molecule has 0 unspecified atom stereocenters. The predicted octanol–water partition coefficient (Wildman–Crippen LogP) is 6.67. The SMILES string of the molecule is Nc1cccc(-c2c(C(=O)O)[nH]c3ccc(OCc4ccccc4)c(Cc4cc5c(cc4Cl)OCO5)c23)c1. The minimum absolute atomic E-state index is 0.0730. The fourth-order valence-corrected chi connectivity index (χ4v) is 5.04. The third-order valence-electron chi connectivity index (χ3n) is 6.56. The van der Waals surface area contributed by atoms with Crippen LogP contribution in [0.1, 0.15) is 27.2 Å². The molecule has 0 radical (unpaired) electrons. The van der Waals surface area contributed by atoms with E-state index in [0.29, 0.717) is 57.6 Å². The van der Waals surface area contributed by atoms with Crippen LogP contribution in [0.2, 0.25) is 5.02 Å². The van der Waals surface area contributed by atoms with E-state index in [1.807, 2.05) is 54.6 Å². The highest BCUT2D eigenvalue weighted by molar-refractivity contribution is 6.31. The topological polar surface area (TPSA) is 107 Å². The number of nitrogen functional groups attached to an aromatic ring is 1. The van der Waals surface area contributed by atoms with Gasteiger partial charge in [0.2, 0.25) is 6.79 Å². The van der Waals surface area contributed by atoms with E-state index in [4.69, 9.17) is 31.5 Å². The van der Waals surface area contributed by atoms with Gasteiger partial charge in [0, 0.05) is 45.2 Å². The summed E-state index contributed by atoms with van der Waals surface area (Å²) in [7, 11) is 0. The van der Waals surface area contributed by atoms with E-state index < -0.39 is 5.97 Å². The van der Waals surface area contributed by atoms with Crippen LogP contribution in [0.5, 0.6) is 17.2 Å². The summed E-state index contributed by atoms with van der Waals surface area (Å²) in [6, 6.07) is 24.3. The van der Waals surface area contributed by atoms with Crippen LogP contribution in [0.3, 0.4) is 0 Å². The lowest BCUT2D eigenvalue weighted by molar-refractivity contribution is 0.0692. The second-order valence-corrected chi connectivity index (χ2v) is 9.43. The Morgan fingerprint density at radius 2 is 1.79 bits per heavy atom. The van der Waals surface area contributed by atoms with Crippen LogP contribution in [0.25, 0.3) is 22.0 Å². The van der Waals surface area contributed by atoms with Crippen molar-refractivity contribution in [1.29, 1.82) is 0 Å². The average molecular weight is 527 g/mol. The first kappa shape index (κ1) is 23.8. The van der Waals surface area contributed by atoms with Crippen molar-refractivity contribution < 1.29 is 24.1 Å². The molecule has 0 aliphatic carbocycles. The van der Waals surface area contributed by atoms with Crippen molar-refractivity contribution in [2.24, 2.45) is 0 Å². The number of carboxylic acids is 1. The second kappa shape index (κ2) is 9.68. The number of H-pyrrole nitrogens is 1. The average Bonchev–Trinajstić information content (AvgIpc) is 3.53. The zero-order valence-electron chi connectivity index (χ0n) is 20.2. The van der Waals surface area contributed by atoms with Crippen molar-refractivity contribution in [1.82, 2.24) is 4.98 Å². The Labute approximate surface area is 223 Å². The molecule has 4 N–H and O–H groups in total. The van der Waals surface area contributed by atoms with Gasteiger partial charge in [-0.15, -0.1) is 0 Å². The van der Waals surface area contributed by atoms with E-state index in [2.05, 4.69) is 4.98 Å². The van der Waals surface area contributed by atoms with Gasteiger partial charge in [0.15, 0.2) is 11.5 Å². The maximum Gasteiger partial charge on any atom is 0.352 e. The zero-order valence-corrected chi connectivity index (χ0v) is 20.9. The van der Waals surface area contributed by atoms with Crippen molar-refractivity contribution in [3.05, 3.63) is 106 Å². The van der Waals surface area contributed by atoms with Crippen molar-refractivity contribution in [3.63, 3.8) is 0 Å². The summed E-state index contributed by atoms with van der Waals surface area (Å²) in [6.07, 6.45) is 0.364. The maximum absolute atomic E-state index is 12.4. The minimum Gasteiger partial charge on any atom is -0.489 e. The summed E-state index contributed by atoms with van der Waals surface area (Å²) >= 11 is 6.67. The van der Waals surface area contributed by atoms with Crippen molar-refractivity contribution in [3.8, 4) is 28.4 Å². The minimum atomic E-state index is -1.07. The molecule has 6 rings (SSSR count). The van der Waals surface area contributed by atoms with Gasteiger partial charge in [0.1, 0.15) is 18.1 Å². The second-order valence-electron chi connectivity index (χ2n) is 9.02. The molecule has 4 aromatic carbocycles. The van der Waals surface area contributed by atoms with E-state index in [-0.39, 0.29) is 12.5 Å². The molecule has 7 nitrogen and oxygen atoms in total. The highest BCUT2D eigenvalue weighted by Crippen LogP contribution is 2.43. The van der Waals surface area contributed by atoms with Gasteiger partial charge in [-0.25, -0.2) is 4.79 Å². The van der Waals surface area contributed by atoms with E-state index in [0.717, 1.165) is 22.1 Å². The molecule has 0 saturated carbocycles. The number of anilines is 1. The molecular formula is C30H23ClN2O5. The van der Waals surface area contributed by atoms with Gasteiger partial charge >= 0.3 is 5.97 Å². The van der Waals surface area contributed by atoms with Gasteiger partial charge < -0.3 is 30.0 Å². The van der Waals surface area contributed by atoms with Crippen LogP contribution < -0.4 is 19.9 Å². The third kappa shape index (κ3) is 4.37. The first-order chi connectivity index (χ1) is 18.5. The highest BCUT2D eigenvalue weighted by Gasteiger charge is 2.25. The van der Waals surface area contributed by atoms with Crippen molar-refractivity contribution >= 4 is 34.2 Å². The number of hydrogen-bond acceptors (Lipinski definition) is 5. The van der Waals surface area contributed by atoms with Crippen molar-refractivity contribution in [2.75, 3.05) is 12.5 Å². The first-order valence-electron chi connectivity index (χ1n) is 12.0. The number of aromatic carboxylic acids is 1. The van der Waals surface area contributed by atoms with E-state index in [9.17, 15) is 9.90 Å². The number of hydrogen-bond donors (Lipinski definition) is 3. The smallest absolute Gasteiger partial charge is 0.352 e. The van der Waals surface area contributed by atoms with Crippen LogP contribution in [0, 0.1) is 0 Å². The molecule has 0 saturated heterocycles. The number of ether oxygens (including phenoxy) is 3.